The molecule has 4 rings (SSSR count). The van der Waals surface area contributed by atoms with Crippen LogP contribution in [-0.2, 0) is 24.1 Å². The zero-order valence-electron chi connectivity index (χ0n) is 17.1. The topological polar surface area (TPSA) is 77.6 Å². The van der Waals surface area contributed by atoms with Crippen LogP contribution in [0, 0.1) is 19.7 Å². The molecule has 166 valence electrons. The summed E-state index contributed by atoms with van der Waals surface area (Å²) in [4.78, 5) is 16.7. The minimum absolute atomic E-state index is 0.00762. The Hall–Kier alpha value is -3.76. The summed E-state index contributed by atoms with van der Waals surface area (Å²) in [6.45, 7) is 2.88. The zero-order chi connectivity index (χ0) is 23.0. The van der Waals surface area contributed by atoms with E-state index in [0.29, 0.717) is 17.8 Å². The Kier molecular flexibility index (Phi) is 5.41. The Morgan fingerprint density at radius 2 is 1.97 bits per heavy atom. The van der Waals surface area contributed by atoms with E-state index in [1.165, 1.54) is 36.9 Å². The highest BCUT2D eigenvalue weighted by atomic mass is 19.4. The molecule has 0 radical (unpaired) electrons. The maximum absolute atomic E-state index is 13.4. The smallest absolute Gasteiger partial charge is 0.322 e. The largest absolute Gasteiger partial charge is 0.417 e. The molecule has 3 heterocycles. The molecule has 0 spiro atoms. The molecule has 0 fully saturated rings. The number of benzene rings is 1. The summed E-state index contributed by atoms with van der Waals surface area (Å²) in [5, 5.41) is 10.7. The summed E-state index contributed by atoms with van der Waals surface area (Å²) in [7, 11) is 0. The van der Waals surface area contributed by atoms with Crippen LogP contribution in [0.25, 0.3) is 11.0 Å². The highest BCUT2D eigenvalue weighted by Gasteiger charge is 2.35. The van der Waals surface area contributed by atoms with Crippen molar-refractivity contribution in [1.29, 1.82) is 0 Å². The highest BCUT2D eigenvalue weighted by molar-refractivity contribution is 5.91. The maximum atomic E-state index is 13.4. The molecule has 0 aliphatic rings. The second-order valence-corrected chi connectivity index (χ2v) is 7.36. The first-order valence-electron chi connectivity index (χ1n) is 9.59. The molecule has 0 saturated heterocycles. The number of nitrogens with one attached hydrogen (secondary N) is 1. The van der Waals surface area contributed by atoms with Crippen molar-refractivity contribution in [2.45, 2.75) is 33.1 Å². The van der Waals surface area contributed by atoms with Crippen LogP contribution in [0.4, 0.5) is 23.2 Å². The molecular formula is C21H18F4N6O. The number of anilines is 1. The van der Waals surface area contributed by atoms with Gasteiger partial charge in [-0.25, -0.2) is 14.1 Å². The van der Waals surface area contributed by atoms with Crippen LogP contribution in [0.15, 0.2) is 42.7 Å². The SMILES string of the molecule is Cc1cc(C(F)(F)F)c2c(C)nn(CC(=O)Nc3cnn(Cc4cccc(F)c4)c3)c2n1. The number of hydrogen-bond donors (Lipinski definition) is 1. The number of rotatable bonds is 5. The van der Waals surface area contributed by atoms with Gasteiger partial charge in [-0.2, -0.15) is 23.4 Å². The van der Waals surface area contributed by atoms with E-state index in [1.54, 1.807) is 18.3 Å². The lowest BCUT2D eigenvalue weighted by molar-refractivity contribution is -0.136. The second kappa shape index (κ2) is 8.06. The lowest BCUT2D eigenvalue weighted by Gasteiger charge is -2.10. The number of aromatic nitrogens is 5. The van der Waals surface area contributed by atoms with E-state index in [9.17, 15) is 22.4 Å². The third kappa shape index (κ3) is 4.46. The third-order valence-corrected chi connectivity index (χ3v) is 4.75. The fraction of sp³-hybridized carbons (Fsp3) is 0.238. The number of aryl methyl sites for hydroxylation is 2. The Bertz CT molecular complexity index is 1310. The van der Waals surface area contributed by atoms with Crippen LogP contribution < -0.4 is 5.32 Å². The predicted octanol–water partition coefficient (Wildman–Crippen LogP) is 4.09. The first-order chi connectivity index (χ1) is 15.1. The van der Waals surface area contributed by atoms with Crippen molar-refractivity contribution in [2.24, 2.45) is 0 Å². The third-order valence-electron chi connectivity index (χ3n) is 4.75. The van der Waals surface area contributed by atoms with Gasteiger partial charge in [0.1, 0.15) is 12.4 Å². The van der Waals surface area contributed by atoms with Crippen molar-refractivity contribution < 1.29 is 22.4 Å². The van der Waals surface area contributed by atoms with Crippen molar-refractivity contribution in [3.63, 3.8) is 0 Å². The summed E-state index contributed by atoms with van der Waals surface area (Å²) in [6, 6.07) is 7.03. The standard InChI is InChI=1S/C21H18F4N6O/c1-12-6-17(21(23,24)25)19-13(2)29-31(20(19)27-12)11-18(32)28-16-8-26-30(10-16)9-14-4-3-5-15(22)7-14/h3-8,10H,9,11H2,1-2H3,(H,28,32). The van der Waals surface area contributed by atoms with Crippen molar-refractivity contribution in [3.8, 4) is 0 Å². The van der Waals surface area contributed by atoms with Crippen LogP contribution in [0.5, 0.6) is 0 Å². The molecule has 0 aliphatic heterocycles. The number of halogens is 4. The zero-order valence-corrected chi connectivity index (χ0v) is 17.1. The number of alkyl halides is 3. The monoisotopic (exact) mass is 446 g/mol. The van der Waals surface area contributed by atoms with Crippen molar-refractivity contribution in [3.05, 3.63) is 71.1 Å². The molecule has 0 bridgehead atoms. The van der Waals surface area contributed by atoms with Gasteiger partial charge in [-0.15, -0.1) is 0 Å². The van der Waals surface area contributed by atoms with Gasteiger partial charge in [0.05, 0.1) is 35.1 Å². The van der Waals surface area contributed by atoms with Crippen LogP contribution >= 0.6 is 0 Å². The van der Waals surface area contributed by atoms with Gasteiger partial charge in [0.25, 0.3) is 0 Å². The molecule has 7 nitrogen and oxygen atoms in total. The lowest BCUT2D eigenvalue weighted by atomic mass is 10.1. The molecule has 32 heavy (non-hydrogen) atoms. The van der Waals surface area contributed by atoms with E-state index in [1.807, 2.05) is 0 Å². The Morgan fingerprint density at radius 3 is 2.69 bits per heavy atom. The van der Waals surface area contributed by atoms with Gasteiger partial charge in [-0.05, 0) is 37.6 Å². The van der Waals surface area contributed by atoms with Crippen molar-refractivity contribution in [2.75, 3.05) is 5.32 Å². The first kappa shape index (κ1) is 21.5. The molecule has 0 aliphatic carbocycles. The highest BCUT2D eigenvalue weighted by Crippen LogP contribution is 2.36. The molecule has 1 aromatic carbocycles. The number of nitrogens with zero attached hydrogens (tertiary/aromatic N) is 5. The molecule has 11 heteroatoms. The van der Waals surface area contributed by atoms with E-state index < -0.39 is 17.6 Å². The number of carbonyl (C=O) groups excluding carboxylic acids is 1. The average molecular weight is 446 g/mol. The van der Waals surface area contributed by atoms with E-state index in [2.05, 4.69) is 20.5 Å². The minimum atomic E-state index is -4.57. The Labute approximate surface area is 179 Å². The Balaban J connectivity index is 1.52. The molecule has 3 aromatic heterocycles. The lowest BCUT2D eigenvalue weighted by Crippen LogP contribution is -2.19. The summed E-state index contributed by atoms with van der Waals surface area (Å²) in [5.41, 5.74) is 0.557. The molecule has 0 saturated carbocycles. The van der Waals surface area contributed by atoms with Gasteiger partial charge in [-0.3, -0.25) is 9.48 Å². The number of amides is 1. The molecule has 0 atom stereocenters. The molecule has 4 aromatic rings. The Morgan fingerprint density at radius 1 is 1.19 bits per heavy atom. The minimum Gasteiger partial charge on any atom is -0.322 e. The van der Waals surface area contributed by atoms with Gasteiger partial charge in [0.2, 0.25) is 5.91 Å². The van der Waals surface area contributed by atoms with Crippen LogP contribution in [0.1, 0.15) is 22.5 Å². The van der Waals surface area contributed by atoms with E-state index >= 15 is 0 Å². The number of hydrogen-bond acceptors (Lipinski definition) is 4. The summed E-state index contributed by atoms with van der Waals surface area (Å²) in [5.74, 6) is -0.862. The van der Waals surface area contributed by atoms with Gasteiger partial charge < -0.3 is 5.32 Å². The van der Waals surface area contributed by atoms with E-state index in [-0.39, 0.29) is 34.8 Å². The van der Waals surface area contributed by atoms with Gasteiger partial charge in [0, 0.05) is 11.9 Å². The summed E-state index contributed by atoms with van der Waals surface area (Å²) >= 11 is 0. The first-order valence-corrected chi connectivity index (χ1v) is 9.59. The predicted molar refractivity (Wildman–Crippen MR) is 108 cm³/mol. The molecule has 1 amide bonds. The molecule has 0 unspecified atom stereocenters. The fourth-order valence-electron chi connectivity index (χ4n) is 3.49. The second-order valence-electron chi connectivity index (χ2n) is 7.36. The number of pyridine rings is 1. The van der Waals surface area contributed by atoms with Gasteiger partial charge in [0.15, 0.2) is 5.65 Å². The summed E-state index contributed by atoms with van der Waals surface area (Å²) < 4.78 is 56.3. The summed E-state index contributed by atoms with van der Waals surface area (Å²) in [6.07, 6.45) is -1.57. The van der Waals surface area contributed by atoms with E-state index in [0.717, 1.165) is 10.7 Å². The van der Waals surface area contributed by atoms with Gasteiger partial charge in [-0.1, -0.05) is 12.1 Å². The van der Waals surface area contributed by atoms with Crippen LogP contribution in [0.3, 0.4) is 0 Å². The normalized spacial score (nSPS) is 11.8. The average Bonchev–Trinajstić information content (AvgIpc) is 3.24. The van der Waals surface area contributed by atoms with Crippen LogP contribution in [0.2, 0.25) is 0 Å². The fourth-order valence-corrected chi connectivity index (χ4v) is 3.49. The van der Waals surface area contributed by atoms with Gasteiger partial charge >= 0.3 is 6.18 Å². The van der Waals surface area contributed by atoms with E-state index in [4.69, 9.17) is 0 Å². The molecular weight excluding hydrogens is 428 g/mol. The molecule has 1 N–H and O–H groups in total. The number of fused-ring (bicyclic) bond motifs is 1. The van der Waals surface area contributed by atoms with Crippen LogP contribution in [-0.4, -0.2) is 30.5 Å². The number of carbonyl (C=O) groups is 1. The maximum Gasteiger partial charge on any atom is 0.417 e. The van der Waals surface area contributed by atoms with Crippen molar-refractivity contribution in [1.82, 2.24) is 24.5 Å². The van der Waals surface area contributed by atoms with Crippen molar-refractivity contribution >= 4 is 22.6 Å². The quantitative estimate of drug-likeness (QED) is 0.469.